The van der Waals surface area contributed by atoms with E-state index in [2.05, 4.69) is 20.1 Å². The van der Waals surface area contributed by atoms with Crippen LogP contribution in [0.2, 0.25) is 0 Å². The molecule has 0 atom stereocenters. The number of nitrogens with one attached hydrogen (secondary N) is 1. The van der Waals surface area contributed by atoms with Crippen LogP contribution in [0.1, 0.15) is 28.6 Å². The molecule has 1 N–H and O–H groups in total. The number of carbonyl (C=O) groups excluding carboxylic acids is 2. The Morgan fingerprint density at radius 3 is 2.70 bits per heavy atom. The fourth-order valence-electron chi connectivity index (χ4n) is 4.04. The lowest BCUT2D eigenvalue weighted by molar-refractivity contribution is -0.117. The summed E-state index contributed by atoms with van der Waals surface area (Å²) >= 11 is 3.06. The van der Waals surface area contributed by atoms with E-state index >= 15 is 0 Å². The number of amides is 1. The molecule has 3 aromatic rings. The van der Waals surface area contributed by atoms with Crippen molar-refractivity contribution in [1.29, 1.82) is 0 Å². The average Bonchev–Trinajstić information content (AvgIpc) is 3.38. The Balaban J connectivity index is 1.48. The van der Waals surface area contributed by atoms with E-state index in [4.69, 9.17) is 4.74 Å². The molecule has 4 rings (SSSR count). The van der Waals surface area contributed by atoms with Crippen LogP contribution in [-0.4, -0.2) is 61.1 Å². The van der Waals surface area contributed by atoms with Crippen molar-refractivity contribution >= 4 is 44.7 Å². The third-order valence-electron chi connectivity index (χ3n) is 5.52. The number of hydrogen-bond acceptors (Lipinski definition) is 8. The number of carbonyl (C=O) groups is 2. The van der Waals surface area contributed by atoms with Gasteiger partial charge >= 0.3 is 5.97 Å². The molecule has 0 saturated carbocycles. The van der Waals surface area contributed by atoms with Gasteiger partial charge in [0.25, 0.3) is 0 Å². The van der Waals surface area contributed by atoms with E-state index in [0.717, 1.165) is 53.7 Å². The highest BCUT2D eigenvalue weighted by Gasteiger charge is 2.26. The Morgan fingerprint density at radius 2 is 1.97 bits per heavy atom. The van der Waals surface area contributed by atoms with Gasteiger partial charge in [-0.25, -0.2) is 9.78 Å². The molecule has 3 heterocycles. The molecule has 9 heteroatoms. The van der Waals surface area contributed by atoms with Crippen LogP contribution in [-0.2, 0) is 9.53 Å². The van der Waals surface area contributed by atoms with Gasteiger partial charge in [0.1, 0.15) is 10.6 Å². The lowest BCUT2D eigenvalue weighted by Crippen LogP contribution is -2.36. The Labute approximate surface area is 202 Å². The van der Waals surface area contributed by atoms with Gasteiger partial charge in [-0.1, -0.05) is 30.3 Å². The summed E-state index contributed by atoms with van der Waals surface area (Å²) in [6, 6.07) is 9.75. The van der Waals surface area contributed by atoms with Gasteiger partial charge in [0.05, 0.1) is 13.2 Å². The van der Waals surface area contributed by atoms with Gasteiger partial charge in [-0.2, -0.15) is 0 Å². The van der Waals surface area contributed by atoms with E-state index in [0.29, 0.717) is 10.6 Å². The second kappa shape index (κ2) is 10.9. The Hall–Kier alpha value is -2.75. The molecule has 2 aromatic heterocycles. The van der Waals surface area contributed by atoms with Gasteiger partial charge < -0.3 is 15.0 Å². The second-order valence-electron chi connectivity index (χ2n) is 7.80. The van der Waals surface area contributed by atoms with Crippen LogP contribution in [0.15, 0.2) is 41.9 Å². The molecular weight excluding hydrogens is 456 g/mol. The van der Waals surface area contributed by atoms with E-state index in [1.54, 1.807) is 18.3 Å². The minimum Gasteiger partial charge on any atom is -0.462 e. The molecule has 1 aliphatic rings. The number of thiophene rings is 1. The van der Waals surface area contributed by atoms with Crippen molar-refractivity contribution < 1.29 is 14.3 Å². The number of benzene rings is 1. The largest absolute Gasteiger partial charge is 0.462 e. The quantitative estimate of drug-likeness (QED) is 0.498. The molecule has 0 spiro atoms. The third-order valence-corrected chi connectivity index (χ3v) is 7.38. The molecule has 0 unspecified atom stereocenters. The molecule has 174 valence electrons. The van der Waals surface area contributed by atoms with Gasteiger partial charge in [-0.05, 0) is 25.8 Å². The minimum absolute atomic E-state index is 0.121. The second-order valence-corrected chi connectivity index (χ2v) is 9.90. The van der Waals surface area contributed by atoms with Crippen molar-refractivity contribution in [3.05, 3.63) is 52.3 Å². The van der Waals surface area contributed by atoms with E-state index in [-0.39, 0.29) is 19.1 Å². The SMILES string of the molecule is CCOC(=O)c1c(NC(=O)CN2CCCN(c3nccs3)CC2)sc(C)c1-c1ccccc1. The summed E-state index contributed by atoms with van der Waals surface area (Å²) in [5.74, 6) is -0.533. The van der Waals surface area contributed by atoms with Gasteiger partial charge in [-0.15, -0.1) is 22.7 Å². The summed E-state index contributed by atoms with van der Waals surface area (Å²) in [6.07, 6.45) is 2.79. The highest BCUT2D eigenvalue weighted by atomic mass is 32.1. The molecule has 1 amide bonds. The first-order valence-electron chi connectivity index (χ1n) is 11.1. The van der Waals surface area contributed by atoms with Crippen molar-refractivity contribution in [2.24, 2.45) is 0 Å². The number of thiazole rings is 1. The maximum absolute atomic E-state index is 13.0. The number of nitrogens with zero attached hydrogens (tertiary/aromatic N) is 3. The fourth-order valence-corrected chi connectivity index (χ4v) is 5.82. The lowest BCUT2D eigenvalue weighted by Gasteiger charge is -2.21. The molecule has 0 aliphatic carbocycles. The highest BCUT2D eigenvalue weighted by Crippen LogP contribution is 2.40. The van der Waals surface area contributed by atoms with E-state index in [1.807, 2.05) is 48.8 Å². The van der Waals surface area contributed by atoms with E-state index in [9.17, 15) is 9.59 Å². The van der Waals surface area contributed by atoms with E-state index in [1.165, 1.54) is 11.3 Å². The first-order valence-corrected chi connectivity index (χ1v) is 12.8. The monoisotopic (exact) mass is 484 g/mol. The Kier molecular flexibility index (Phi) is 7.74. The molecule has 1 saturated heterocycles. The summed E-state index contributed by atoms with van der Waals surface area (Å²) in [5, 5.41) is 6.57. The van der Waals surface area contributed by atoms with Crippen LogP contribution in [0.3, 0.4) is 0 Å². The third kappa shape index (κ3) is 5.61. The van der Waals surface area contributed by atoms with Gasteiger partial charge in [0.15, 0.2) is 5.13 Å². The first-order chi connectivity index (χ1) is 16.1. The fraction of sp³-hybridized carbons (Fsp3) is 0.375. The van der Waals surface area contributed by atoms with Gasteiger partial charge in [0, 0.05) is 48.2 Å². The first kappa shape index (κ1) is 23.4. The van der Waals surface area contributed by atoms with Gasteiger partial charge in [0.2, 0.25) is 5.91 Å². The number of aromatic nitrogens is 1. The van der Waals surface area contributed by atoms with Crippen molar-refractivity contribution in [2.45, 2.75) is 20.3 Å². The molecule has 7 nitrogen and oxygen atoms in total. The predicted octanol–water partition coefficient (Wildman–Crippen LogP) is 4.51. The summed E-state index contributed by atoms with van der Waals surface area (Å²) in [5.41, 5.74) is 2.19. The van der Waals surface area contributed by atoms with Crippen molar-refractivity contribution in [1.82, 2.24) is 9.88 Å². The zero-order valence-electron chi connectivity index (χ0n) is 18.9. The molecule has 0 bridgehead atoms. The molecule has 0 radical (unpaired) electrons. The summed E-state index contributed by atoms with van der Waals surface area (Å²) in [7, 11) is 0. The molecule has 1 fully saturated rings. The van der Waals surface area contributed by atoms with Crippen molar-refractivity contribution in [3.8, 4) is 11.1 Å². The number of aryl methyl sites for hydroxylation is 1. The molecule has 1 aliphatic heterocycles. The zero-order valence-corrected chi connectivity index (χ0v) is 20.5. The maximum Gasteiger partial charge on any atom is 0.341 e. The molecule has 33 heavy (non-hydrogen) atoms. The number of hydrogen-bond donors (Lipinski definition) is 1. The van der Waals surface area contributed by atoms with Crippen LogP contribution >= 0.6 is 22.7 Å². The summed E-state index contributed by atoms with van der Waals surface area (Å²) in [4.78, 5) is 35.6. The Morgan fingerprint density at radius 1 is 1.15 bits per heavy atom. The average molecular weight is 485 g/mol. The number of ether oxygens (including phenoxy) is 1. The zero-order chi connectivity index (χ0) is 23.2. The van der Waals surface area contributed by atoms with Crippen LogP contribution < -0.4 is 10.2 Å². The van der Waals surface area contributed by atoms with Gasteiger partial charge in [-0.3, -0.25) is 9.69 Å². The van der Waals surface area contributed by atoms with Crippen LogP contribution in [0.4, 0.5) is 10.1 Å². The van der Waals surface area contributed by atoms with Crippen LogP contribution in [0, 0.1) is 6.92 Å². The molecular formula is C24H28N4O3S2. The smallest absolute Gasteiger partial charge is 0.341 e. The van der Waals surface area contributed by atoms with Crippen LogP contribution in [0.5, 0.6) is 0 Å². The standard InChI is InChI=1S/C24H28N4O3S2/c1-3-31-23(30)21-20(18-8-5-4-6-9-18)17(2)33-22(21)26-19(29)16-27-11-7-12-28(14-13-27)24-25-10-15-32-24/h4-6,8-10,15H,3,7,11-14,16H2,1-2H3,(H,26,29). The molecule has 1 aromatic carbocycles. The predicted molar refractivity (Wildman–Crippen MR) is 134 cm³/mol. The number of anilines is 2. The normalized spacial score (nSPS) is 14.7. The minimum atomic E-state index is -0.412. The number of esters is 1. The van der Waals surface area contributed by atoms with Crippen molar-refractivity contribution in [3.63, 3.8) is 0 Å². The maximum atomic E-state index is 13.0. The lowest BCUT2D eigenvalue weighted by atomic mass is 10.0. The Bertz CT molecular complexity index is 1080. The highest BCUT2D eigenvalue weighted by molar-refractivity contribution is 7.17. The van der Waals surface area contributed by atoms with Crippen molar-refractivity contribution in [2.75, 3.05) is 49.5 Å². The topological polar surface area (TPSA) is 74.8 Å². The summed E-state index contributed by atoms with van der Waals surface area (Å²) in [6.45, 7) is 7.72. The van der Waals surface area contributed by atoms with E-state index < -0.39 is 5.97 Å². The van der Waals surface area contributed by atoms with Crippen LogP contribution in [0.25, 0.3) is 11.1 Å². The summed E-state index contributed by atoms with van der Waals surface area (Å²) < 4.78 is 5.33. The number of rotatable bonds is 7.